The predicted molar refractivity (Wildman–Crippen MR) is 70.6 cm³/mol. The lowest BCUT2D eigenvalue weighted by Gasteiger charge is -2.22. The van der Waals surface area contributed by atoms with Gasteiger partial charge in [-0.15, -0.1) is 0 Å². The van der Waals surface area contributed by atoms with E-state index in [1.54, 1.807) is 24.3 Å². The fraction of sp³-hybridized carbons (Fsp3) is 0.214. The van der Waals surface area contributed by atoms with E-state index in [2.05, 4.69) is 0 Å². The quantitative estimate of drug-likeness (QED) is 0.835. The van der Waals surface area contributed by atoms with Crippen LogP contribution in [0.5, 0.6) is 0 Å². The fourth-order valence-corrected chi connectivity index (χ4v) is 2.51. The Kier molecular flexibility index (Phi) is 2.78. The number of anilines is 1. The summed E-state index contributed by atoms with van der Waals surface area (Å²) in [6.07, 6.45) is 0.397. The third-order valence-electron chi connectivity index (χ3n) is 3.38. The van der Waals surface area contributed by atoms with Crippen LogP contribution >= 0.6 is 0 Å². The van der Waals surface area contributed by atoms with E-state index in [0.717, 1.165) is 0 Å². The molecule has 20 heavy (non-hydrogen) atoms. The number of benzene rings is 1. The van der Waals surface area contributed by atoms with Crippen LogP contribution in [0.4, 0.5) is 5.69 Å². The van der Waals surface area contributed by atoms with Crippen LogP contribution in [0.3, 0.4) is 0 Å². The SMILES string of the molecule is O=C(O)[C@@H]1CCC(=O)N1c1cc(=O)oc2ccccc12. The number of amides is 1. The van der Waals surface area contributed by atoms with Gasteiger partial charge in [0.15, 0.2) is 0 Å². The average Bonchev–Trinajstić information content (AvgIpc) is 2.79. The largest absolute Gasteiger partial charge is 0.480 e. The Labute approximate surface area is 113 Å². The Morgan fingerprint density at radius 2 is 2.05 bits per heavy atom. The number of fused-ring (bicyclic) bond motifs is 1. The van der Waals surface area contributed by atoms with E-state index in [1.165, 1.54) is 11.0 Å². The van der Waals surface area contributed by atoms with Crippen molar-refractivity contribution in [3.63, 3.8) is 0 Å². The highest BCUT2D eigenvalue weighted by Gasteiger charge is 2.38. The van der Waals surface area contributed by atoms with Crippen LogP contribution in [0.15, 0.2) is 39.5 Å². The van der Waals surface area contributed by atoms with Gasteiger partial charge < -0.3 is 9.52 Å². The zero-order valence-corrected chi connectivity index (χ0v) is 10.4. The van der Waals surface area contributed by atoms with E-state index >= 15 is 0 Å². The number of aliphatic carboxylic acids is 1. The van der Waals surface area contributed by atoms with Gasteiger partial charge in [0.25, 0.3) is 0 Å². The lowest BCUT2D eigenvalue weighted by molar-refractivity contribution is -0.138. The molecule has 0 saturated carbocycles. The number of carboxylic acid groups (broad SMARTS) is 1. The summed E-state index contributed by atoms with van der Waals surface area (Å²) < 4.78 is 5.05. The highest BCUT2D eigenvalue weighted by Crippen LogP contribution is 2.31. The second kappa shape index (κ2) is 4.48. The molecule has 6 nitrogen and oxygen atoms in total. The highest BCUT2D eigenvalue weighted by molar-refractivity contribution is 6.07. The first kappa shape index (κ1) is 12.4. The van der Waals surface area contributed by atoms with E-state index in [-0.39, 0.29) is 18.7 Å². The molecule has 0 unspecified atom stereocenters. The number of hydrogen-bond donors (Lipinski definition) is 1. The fourth-order valence-electron chi connectivity index (χ4n) is 2.51. The van der Waals surface area contributed by atoms with Crippen molar-refractivity contribution < 1.29 is 19.1 Å². The van der Waals surface area contributed by atoms with E-state index in [1.807, 2.05) is 0 Å². The summed E-state index contributed by atoms with van der Waals surface area (Å²) in [6.45, 7) is 0. The number of carbonyl (C=O) groups excluding carboxylic acids is 1. The van der Waals surface area contributed by atoms with Gasteiger partial charge in [0.2, 0.25) is 5.91 Å². The Balaban J connectivity index is 2.25. The minimum Gasteiger partial charge on any atom is -0.480 e. The molecule has 2 heterocycles. The van der Waals surface area contributed by atoms with Crippen molar-refractivity contribution in [1.82, 2.24) is 0 Å². The molecule has 3 rings (SSSR count). The number of carbonyl (C=O) groups is 2. The topological polar surface area (TPSA) is 87.8 Å². The van der Waals surface area contributed by atoms with Crippen LogP contribution in [-0.2, 0) is 9.59 Å². The first-order chi connectivity index (χ1) is 9.58. The number of para-hydroxylation sites is 1. The van der Waals surface area contributed by atoms with Crippen LogP contribution in [0.1, 0.15) is 12.8 Å². The molecule has 1 aromatic carbocycles. The third-order valence-corrected chi connectivity index (χ3v) is 3.38. The smallest absolute Gasteiger partial charge is 0.338 e. The van der Waals surface area contributed by atoms with Gasteiger partial charge in [-0.3, -0.25) is 9.69 Å². The maximum atomic E-state index is 12.0. The minimum atomic E-state index is -1.08. The van der Waals surface area contributed by atoms with Gasteiger partial charge in [0.05, 0.1) is 5.69 Å². The lowest BCUT2D eigenvalue weighted by Crippen LogP contribution is -2.39. The Bertz CT molecular complexity index is 763. The number of rotatable bonds is 2. The molecule has 102 valence electrons. The van der Waals surface area contributed by atoms with E-state index in [9.17, 15) is 19.5 Å². The van der Waals surface area contributed by atoms with Gasteiger partial charge in [-0.25, -0.2) is 9.59 Å². The summed E-state index contributed by atoms with van der Waals surface area (Å²) in [7, 11) is 0. The maximum Gasteiger partial charge on any atom is 0.338 e. The van der Waals surface area contributed by atoms with Crippen molar-refractivity contribution in [1.29, 1.82) is 0 Å². The van der Waals surface area contributed by atoms with Gasteiger partial charge in [-0.05, 0) is 18.6 Å². The van der Waals surface area contributed by atoms with Gasteiger partial charge in [0.1, 0.15) is 11.6 Å². The summed E-state index contributed by atoms with van der Waals surface area (Å²) in [5.74, 6) is -1.37. The standard InChI is InChI=1S/C14H11NO5/c16-12-6-5-9(14(18)19)15(12)10-7-13(17)20-11-4-2-1-3-8(10)11/h1-4,7,9H,5-6H2,(H,18,19)/t9-/m0/s1. The Hall–Kier alpha value is -2.63. The summed E-state index contributed by atoms with van der Waals surface area (Å²) >= 11 is 0. The number of carboxylic acids is 1. The maximum absolute atomic E-state index is 12.0. The molecule has 1 fully saturated rings. The van der Waals surface area contributed by atoms with Gasteiger partial charge in [0, 0.05) is 17.9 Å². The van der Waals surface area contributed by atoms with Crippen molar-refractivity contribution in [2.24, 2.45) is 0 Å². The second-order valence-electron chi connectivity index (χ2n) is 4.60. The van der Waals surface area contributed by atoms with E-state index in [0.29, 0.717) is 16.7 Å². The van der Waals surface area contributed by atoms with Crippen molar-refractivity contribution in [2.45, 2.75) is 18.9 Å². The summed E-state index contributed by atoms with van der Waals surface area (Å²) in [4.78, 5) is 36.0. The number of nitrogens with zero attached hydrogens (tertiary/aromatic N) is 1. The first-order valence-corrected chi connectivity index (χ1v) is 6.15. The van der Waals surface area contributed by atoms with Crippen molar-refractivity contribution in [3.8, 4) is 0 Å². The summed E-state index contributed by atoms with van der Waals surface area (Å²) in [6, 6.07) is 6.97. The molecule has 1 atom stereocenters. The van der Waals surface area contributed by atoms with Gasteiger partial charge in [-0.1, -0.05) is 12.1 Å². The molecule has 1 aliphatic rings. The van der Waals surface area contributed by atoms with Crippen molar-refractivity contribution >= 4 is 28.5 Å². The molecule has 6 heteroatoms. The lowest BCUT2D eigenvalue weighted by atomic mass is 10.1. The zero-order chi connectivity index (χ0) is 14.3. The molecule has 0 radical (unpaired) electrons. The van der Waals surface area contributed by atoms with Crippen molar-refractivity contribution in [2.75, 3.05) is 4.90 Å². The molecule has 0 bridgehead atoms. The molecular formula is C14H11NO5. The average molecular weight is 273 g/mol. The number of hydrogen-bond acceptors (Lipinski definition) is 4. The molecule has 1 saturated heterocycles. The summed E-state index contributed by atoms with van der Waals surface area (Å²) in [5.41, 5.74) is 0.0214. The Morgan fingerprint density at radius 1 is 1.30 bits per heavy atom. The van der Waals surface area contributed by atoms with Crippen molar-refractivity contribution in [3.05, 3.63) is 40.8 Å². The van der Waals surface area contributed by atoms with E-state index in [4.69, 9.17) is 4.42 Å². The molecule has 1 aliphatic heterocycles. The van der Waals surface area contributed by atoms with Crippen LogP contribution in [0, 0.1) is 0 Å². The molecule has 0 spiro atoms. The molecule has 1 N–H and O–H groups in total. The normalized spacial score (nSPS) is 18.7. The highest BCUT2D eigenvalue weighted by atomic mass is 16.4. The molecule has 2 aromatic rings. The van der Waals surface area contributed by atoms with Crippen LogP contribution in [0.25, 0.3) is 11.0 Å². The second-order valence-corrected chi connectivity index (χ2v) is 4.60. The first-order valence-electron chi connectivity index (χ1n) is 6.15. The van der Waals surface area contributed by atoms with Crippen LogP contribution < -0.4 is 10.5 Å². The minimum absolute atomic E-state index is 0.158. The predicted octanol–water partition coefficient (Wildman–Crippen LogP) is 1.37. The monoisotopic (exact) mass is 273 g/mol. The molecule has 0 aliphatic carbocycles. The third kappa shape index (κ3) is 1.85. The molecule has 1 amide bonds. The van der Waals surface area contributed by atoms with Crippen LogP contribution in [-0.4, -0.2) is 23.0 Å². The molecule has 1 aromatic heterocycles. The zero-order valence-electron chi connectivity index (χ0n) is 10.4. The van der Waals surface area contributed by atoms with Gasteiger partial charge in [-0.2, -0.15) is 0 Å². The van der Waals surface area contributed by atoms with Gasteiger partial charge >= 0.3 is 11.6 Å². The Morgan fingerprint density at radius 3 is 2.80 bits per heavy atom. The van der Waals surface area contributed by atoms with E-state index < -0.39 is 17.6 Å². The molecular weight excluding hydrogens is 262 g/mol. The summed E-state index contributed by atoms with van der Waals surface area (Å²) in [5, 5.41) is 9.76. The van der Waals surface area contributed by atoms with Crippen LogP contribution in [0.2, 0.25) is 0 Å².